The number of nitrogens with two attached hydrogens (primary N) is 1. The number of carbonyl (C=O) groups is 1. The molecule has 1 aromatic rings. The Kier molecular flexibility index (Phi) is 6.20. The minimum atomic E-state index is -0.460. The van der Waals surface area contributed by atoms with Crippen LogP contribution in [-0.4, -0.2) is 35.8 Å². The topological polar surface area (TPSA) is 79.4 Å². The number of hydrogen-bond acceptors (Lipinski definition) is 5. The maximum Gasteiger partial charge on any atom is 0.360 e. The van der Waals surface area contributed by atoms with Crippen LogP contribution in [0, 0.1) is 5.41 Å². The molecule has 0 radical (unpaired) electrons. The van der Waals surface area contributed by atoms with Crippen molar-refractivity contribution in [2.45, 2.75) is 47.1 Å². The standard InChI is InChI=1S/C15H27N3O3/c1-6-11-17-12(14(19)21-7-2)13(16)18(11)10-15(3,4)8-9-20-5/h6-10,16H2,1-5H3. The minimum Gasteiger partial charge on any atom is -0.461 e. The smallest absolute Gasteiger partial charge is 0.360 e. The molecule has 0 aromatic carbocycles. The molecule has 1 heterocycles. The molecule has 0 aliphatic heterocycles. The van der Waals surface area contributed by atoms with Crippen molar-refractivity contribution in [2.24, 2.45) is 5.41 Å². The van der Waals surface area contributed by atoms with Crippen LogP contribution in [0.2, 0.25) is 0 Å². The Morgan fingerprint density at radius 2 is 2.05 bits per heavy atom. The van der Waals surface area contributed by atoms with Crippen molar-refractivity contribution in [2.75, 3.05) is 26.1 Å². The van der Waals surface area contributed by atoms with Crippen LogP contribution in [0.25, 0.3) is 0 Å². The second-order valence-corrected chi connectivity index (χ2v) is 5.83. The molecule has 120 valence electrons. The zero-order chi connectivity index (χ0) is 16.0. The molecule has 0 aliphatic carbocycles. The predicted octanol–water partition coefficient (Wildman–Crippen LogP) is 2.27. The molecule has 6 heteroatoms. The monoisotopic (exact) mass is 297 g/mol. The van der Waals surface area contributed by atoms with Crippen molar-refractivity contribution in [1.82, 2.24) is 9.55 Å². The zero-order valence-corrected chi connectivity index (χ0v) is 13.7. The summed E-state index contributed by atoms with van der Waals surface area (Å²) in [7, 11) is 1.69. The third-order valence-electron chi connectivity index (χ3n) is 3.44. The summed E-state index contributed by atoms with van der Waals surface area (Å²) in [6.45, 7) is 9.75. The number of aromatic nitrogens is 2. The normalized spacial score (nSPS) is 11.7. The first-order valence-corrected chi connectivity index (χ1v) is 7.37. The van der Waals surface area contributed by atoms with E-state index in [0.717, 1.165) is 12.2 Å². The molecule has 1 rings (SSSR count). The van der Waals surface area contributed by atoms with Gasteiger partial charge >= 0.3 is 5.97 Å². The lowest BCUT2D eigenvalue weighted by Gasteiger charge is -2.26. The lowest BCUT2D eigenvalue weighted by atomic mass is 9.89. The summed E-state index contributed by atoms with van der Waals surface area (Å²) in [4.78, 5) is 16.2. The van der Waals surface area contributed by atoms with Crippen molar-refractivity contribution in [3.05, 3.63) is 11.5 Å². The molecule has 0 saturated carbocycles. The van der Waals surface area contributed by atoms with Crippen LogP contribution < -0.4 is 5.73 Å². The van der Waals surface area contributed by atoms with E-state index < -0.39 is 5.97 Å². The van der Waals surface area contributed by atoms with Gasteiger partial charge in [-0.05, 0) is 18.8 Å². The van der Waals surface area contributed by atoms with Gasteiger partial charge in [0.05, 0.1) is 6.61 Å². The quantitative estimate of drug-likeness (QED) is 0.745. The molecule has 0 spiro atoms. The molecule has 1 aromatic heterocycles. The van der Waals surface area contributed by atoms with Crippen LogP contribution in [0.4, 0.5) is 5.82 Å². The van der Waals surface area contributed by atoms with Crippen molar-refractivity contribution in [3.8, 4) is 0 Å². The number of carbonyl (C=O) groups excluding carboxylic acids is 1. The van der Waals surface area contributed by atoms with E-state index in [1.807, 2.05) is 11.5 Å². The van der Waals surface area contributed by atoms with Crippen molar-refractivity contribution in [3.63, 3.8) is 0 Å². The first-order valence-electron chi connectivity index (χ1n) is 7.37. The van der Waals surface area contributed by atoms with E-state index in [4.69, 9.17) is 15.2 Å². The fourth-order valence-corrected chi connectivity index (χ4v) is 2.20. The van der Waals surface area contributed by atoms with Crippen LogP contribution in [0.15, 0.2) is 0 Å². The maximum absolute atomic E-state index is 11.9. The molecule has 0 saturated heterocycles. The molecule has 21 heavy (non-hydrogen) atoms. The lowest BCUT2D eigenvalue weighted by Crippen LogP contribution is -2.24. The Bertz CT molecular complexity index is 481. The number of anilines is 1. The lowest BCUT2D eigenvalue weighted by molar-refractivity contribution is 0.0521. The zero-order valence-electron chi connectivity index (χ0n) is 13.7. The largest absolute Gasteiger partial charge is 0.461 e. The SMILES string of the molecule is CCOC(=O)c1nc(CC)n(CC(C)(C)CCOC)c1N. The van der Waals surface area contributed by atoms with Gasteiger partial charge in [0, 0.05) is 26.7 Å². The molecule has 0 unspecified atom stereocenters. The highest BCUT2D eigenvalue weighted by Gasteiger charge is 2.25. The molecule has 0 amide bonds. The first-order chi connectivity index (χ1) is 9.86. The number of aryl methyl sites for hydroxylation is 1. The fourth-order valence-electron chi connectivity index (χ4n) is 2.20. The van der Waals surface area contributed by atoms with E-state index in [1.54, 1.807) is 14.0 Å². The van der Waals surface area contributed by atoms with Gasteiger partial charge in [0.15, 0.2) is 5.69 Å². The average molecular weight is 297 g/mol. The van der Waals surface area contributed by atoms with E-state index in [2.05, 4.69) is 18.8 Å². The van der Waals surface area contributed by atoms with Crippen LogP contribution in [-0.2, 0) is 22.4 Å². The Labute approximate surface area is 126 Å². The van der Waals surface area contributed by atoms with Gasteiger partial charge in [-0.3, -0.25) is 0 Å². The highest BCUT2D eigenvalue weighted by molar-refractivity contribution is 5.92. The van der Waals surface area contributed by atoms with Gasteiger partial charge in [-0.2, -0.15) is 0 Å². The molecule has 2 N–H and O–H groups in total. The summed E-state index contributed by atoms with van der Waals surface area (Å²) in [6.07, 6.45) is 1.61. The molecular formula is C15H27N3O3. The molecule has 0 fully saturated rings. The number of rotatable bonds is 8. The molecule has 0 bridgehead atoms. The van der Waals surface area contributed by atoms with E-state index in [9.17, 15) is 4.79 Å². The van der Waals surface area contributed by atoms with Gasteiger partial charge in [-0.25, -0.2) is 9.78 Å². The number of ether oxygens (including phenoxy) is 2. The van der Waals surface area contributed by atoms with Crippen molar-refractivity contribution < 1.29 is 14.3 Å². The van der Waals surface area contributed by atoms with Gasteiger partial charge in [0.25, 0.3) is 0 Å². The summed E-state index contributed by atoms with van der Waals surface area (Å²) >= 11 is 0. The number of esters is 1. The molecule has 0 aliphatic rings. The van der Waals surface area contributed by atoms with Crippen molar-refractivity contribution >= 4 is 11.8 Å². The Morgan fingerprint density at radius 3 is 2.57 bits per heavy atom. The molecule has 0 atom stereocenters. The minimum absolute atomic E-state index is 0.000676. The van der Waals surface area contributed by atoms with Gasteiger partial charge in [-0.15, -0.1) is 0 Å². The van der Waals surface area contributed by atoms with Crippen LogP contribution >= 0.6 is 0 Å². The highest BCUT2D eigenvalue weighted by Crippen LogP contribution is 2.27. The summed E-state index contributed by atoms with van der Waals surface area (Å²) in [5.74, 6) is 0.731. The Balaban J connectivity index is 3.03. The van der Waals surface area contributed by atoms with E-state index in [0.29, 0.717) is 32.0 Å². The Morgan fingerprint density at radius 1 is 1.38 bits per heavy atom. The number of methoxy groups -OCH3 is 1. The van der Waals surface area contributed by atoms with Gasteiger partial charge in [0.2, 0.25) is 0 Å². The average Bonchev–Trinajstić information content (AvgIpc) is 2.73. The number of imidazole rings is 1. The fraction of sp³-hybridized carbons (Fsp3) is 0.733. The van der Waals surface area contributed by atoms with Crippen LogP contribution in [0.5, 0.6) is 0 Å². The van der Waals surface area contributed by atoms with E-state index in [1.165, 1.54) is 0 Å². The first kappa shape index (κ1) is 17.5. The number of hydrogen-bond donors (Lipinski definition) is 1. The summed E-state index contributed by atoms with van der Waals surface area (Å²) in [5, 5.41) is 0. The third kappa shape index (κ3) is 4.46. The van der Waals surface area contributed by atoms with Gasteiger partial charge < -0.3 is 19.8 Å². The van der Waals surface area contributed by atoms with Crippen molar-refractivity contribution in [1.29, 1.82) is 0 Å². The second-order valence-electron chi connectivity index (χ2n) is 5.83. The molecular weight excluding hydrogens is 270 g/mol. The van der Waals surface area contributed by atoms with E-state index in [-0.39, 0.29) is 11.1 Å². The maximum atomic E-state index is 11.9. The second kappa shape index (κ2) is 7.45. The van der Waals surface area contributed by atoms with Gasteiger partial charge in [0.1, 0.15) is 11.6 Å². The Hall–Kier alpha value is -1.56. The van der Waals surface area contributed by atoms with Gasteiger partial charge in [-0.1, -0.05) is 20.8 Å². The summed E-state index contributed by atoms with van der Waals surface area (Å²) in [6, 6.07) is 0. The number of nitrogen functional groups attached to an aromatic ring is 1. The third-order valence-corrected chi connectivity index (χ3v) is 3.44. The predicted molar refractivity (Wildman–Crippen MR) is 82.2 cm³/mol. The van der Waals surface area contributed by atoms with E-state index >= 15 is 0 Å². The summed E-state index contributed by atoms with van der Waals surface area (Å²) < 4.78 is 12.1. The summed E-state index contributed by atoms with van der Waals surface area (Å²) in [5.41, 5.74) is 6.33. The van der Waals surface area contributed by atoms with Crippen LogP contribution in [0.1, 0.15) is 50.4 Å². The number of nitrogens with zero attached hydrogens (tertiary/aromatic N) is 2. The van der Waals surface area contributed by atoms with Crippen LogP contribution in [0.3, 0.4) is 0 Å². The molecule has 6 nitrogen and oxygen atoms in total. The highest BCUT2D eigenvalue weighted by atomic mass is 16.5.